The summed E-state index contributed by atoms with van der Waals surface area (Å²) in [6.45, 7) is 0.155. The van der Waals surface area contributed by atoms with Gasteiger partial charge >= 0.3 is 12.0 Å². The van der Waals surface area contributed by atoms with Crippen LogP contribution in [-0.4, -0.2) is 41.6 Å². The Kier molecular flexibility index (Phi) is 9.36. The van der Waals surface area contributed by atoms with Crippen LogP contribution >= 0.6 is 0 Å². The molecular weight excluding hydrogens is 542 g/mol. The fourth-order valence-electron chi connectivity index (χ4n) is 5.88. The quantitative estimate of drug-likeness (QED) is 0.211. The lowest BCUT2D eigenvalue weighted by molar-refractivity contribution is -0.135. The highest BCUT2D eigenvalue weighted by Gasteiger charge is 2.36. The van der Waals surface area contributed by atoms with Crippen molar-refractivity contribution in [3.05, 3.63) is 131 Å². The Labute approximate surface area is 251 Å². The molecule has 4 aromatic rings. The highest BCUT2D eigenvalue weighted by atomic mass is 16.5. The molecule has 8 heteroatoms. The largest absolute Gasteiger partial charge is 0.496 e. The Morgan fingerprint density at radius 1 is 0.907 bits per heavy atom. The molecule has 0 aliphatic heterocycles. The van der Waals surface area contributed by atoms with Crippen LogP contribution < -0.4 is 15.4 Å². The summed E-state index contributed by atoms with van der Waals surface area (Å²) < 4.78 is 5.66. The third-order valence-corrected chi connectivity index (χ3v) is 7.90. The lowest BCUT2D eigenvalue weighted by atomic mass is 9.76. The predicted octanol–water partition coefficient (Wildman–Crippen LogP) is 6.09. The zero-order valence-corrected chi connectivity index (χ0v) is 24.0. The molecule has 43 heavy (non-hydrogen) atoms. The second kappa shape index (κ2) is 13.7. The highest BCUT2D eigenvalue weighted by Crippen LogP contribution is 2.42. The fraction of sp³-hybridized carbons (Fsp3) is 0.229. The van der Waals surface area contributed by atoms with Crippen LogP contribution in [0.3, 0.4) is 0 Å². The van der Waals surface area contributed by atoms with Crippen molar-refractivity contribution in [1.82, 2.24) is 10.2 Å². The Morgan fingerprint density at radius 2 is 1.65 bits per heavy atom. The molecular formula is C35H35N3O5. The molecule has 4 aromatic carbocycles. The number of nitrogens with zero attached hydrogens (tertiary/aromatic N) is 1. The number of hydrogen-bond donors (Lipinski definition) is 3. The van der Waals surface area contributed by atoms with Gasteiger partial charge in [0.1, 0.15) is 5.75 Å². The van der Waals surface area contributed by atoms with Crippen LogP contribution in [0.2, 0.25) is 0 Å². The van der Waals surface area contributed by atoms with E-state index in [1.54, 1.807) is 19.2 Å². The number of para-hydroxylation sites is 1. The Hall–Kier alpha value is -5.11. The van der Waals surface area contributed by atoms with Crippen molar-refractivity contribution >= 4 is 23.6 Å². The first-order valence-electron chi connectivity index (χ1n) is 14.3. The van der Waals surface area contributed by atoms with Crippen molar-refractivity contribution < 1.29 is 24.2 Å². The van der Waals surface area contributed by atoms with Gasteiger partial charge in [-0.3, -0.25) is 4.79 Å². The molecule has 0 aromatic heterocycles. The number of urea groups is 1. The molecule has 0 unspecified atom stereocenters. The summed E-state index contributed by atoms with van der Waals surface area (Å²) in [5.41, 5.74) is 4.80. The van der Waals surface area contributed by atoms with Gasteiger partial charge in [0.15, 0.2) is 0 Å². The van der Waals surface area contributed by atoms with E-state index in [1.807, 2.05) is 65.6 Å². The number of aromatic carboxylic acids is 1. The van der Waals surface area contributed by atoms with Crippen LogP contribution in [0.5, 0.6) is 5.75 Å². The number of benzene rings is 4. The summed E-state index contributed by atoms with van der Waals surface area (Å²) in [5.74, 6) is -0.367. The molecule has 220 valence electrons. The number of rotatable bonds is 10. The van der Waals surface area contributed by atoms with Crippen LogP contribution in [0.15, 0.2) is 103 Å². The second-order valence-corrected chi connectivity index (χ2v) is 10.7. The fourth-order valence-corrected chi connectivity index (χ4v) is 5.88. The van der Waals surface area contributed by atoms with Crippen LogP contribution in [-0.2, 0) is 24.2 Å². The maximum atomic E-state index is 14.1. The van der Waals surface area contributed by atoms with E-state index in [-0.39, 0.29) is 30.0 Å². The van der Waals surface area contributed by atoms with E-state index in [1.165, 1.54) is 17.7 Å². The Bertz CT molecular complexity index is 1590. The number of ether oxygens (including phenoxy) is 1. The summed E-state index contributed by atoms with van der Waals surface area (Å²) >= 11 is 0. The number of hydrogen-bond acceptors (Lipinski definition) is 4. The molecule has 5 rings (SSSR count). The minimum absolute atomic E-state index is 0.0555. The molecule has 0 fully saturated rings. The Morgan fingerprint density at radius 3 is 2.44 bits per heavy atom. The van der Waals surface area contributed by atoms with Crippen molar-refractivity contribution in [2.75, 3.05) is 19.0 Å². The summed E-state index contributed by atoms with van der Waals surface area (Å²) in [6, 6.07) is 31.3. The van der Waals surface area contributed by atoms with Crippen LogP contribution in [0.1, 0.15) is 45.1 Å². The van der Waals surface area contributed by atoms with Gasteiger partial charge in [-0.15, -0.1) is 0 Å². The highest BCUT2D eigenvalue weighted by molar-refractivity contribution is 5.94. The number of amides is 3. The first kappa shape index (κ1) is 29.4. The maximum Gasteiger partial charge on any atom is 0.335 e. The van der Waals surface area contributed by atoms with Gasteiger partial charge in [0.2, 0.25) is 5.91 Å². The molecule has 0 saturated heterocycles. The number of methoxy groups -OCH3 is 1. The smallest absolute Gasteiger partial charge is 0.335 e. The predicted molar refractivity (Wildman–Crippen MR) is 165 cm³/mol. The Balaban J connectivity index is 1.42. The minimum atomic E-state index is -1.09. The van der Waals surface area contributed by atoms with Gasteiger partial charge in [-0.05, 0) is 71.7 Å². The van der Waals surface area contributed by atoms with Crippen molar-refractivity contribution in [3.8, 4) is 5.75 Å². The van der Waals surface area contributed by atoms with Gasteiger partial charge in [-0.25, -0.2) is 9.59 Å². The van der Waals surface area contributed by atoms with Crippen molar-refractivity contribution in [2.24, 2.45) is 5.92 Å². The van der Waals surface area contributed by atoms with Gasteiger partial charge in [-0.2, -0.15) is 0 Å². The number of carboxylic acid groups (broad SMARTS) is 1. The number of nitrogens with one attached hydrogen (secondary N) is 2. The van der Waals surface area contributed by atoms with E-state index in [0.717, 1.165) is 41.7 Å². The normalized spacial score (nSPS) is 15.6. The van der Waals surface area contributed by atoms with Crippen LogP contribution in [0.25, 0.3) is 0 Å². The third kappa shape index (κ3) is 7.22. The van der Waals surface area contributed by atoms with Crippen molar-refractivity contribution in [1.29, 1.82) is 0 Å². The van der Waals surface area contributed by atoms with Crippen LogP contribution in [0.4, 0.5) is 10.5 Å². The average molecular weight is 578 g/mol. The second-order valence-electron chi connectivity index (χ2n) is 10.7. The van der Waals surface area contributed by atoms with E-state index in [4.69, 9.17) is 4.74 Å². The molecule has 0 spiro atoms. The molecule has 0 heterocycles. The van der Waals surface area contributed by atoms with Gasteiger partial charge in [-0.1, -0.05) is 78.9 Å². The monoisotopic (exact) mass is 577 g/mol. The van der Waals surface area contributed by atoms with E-state index >= 15 is 0 Å². The average Bonchev–Trinajstić information content (AvgIpc) is 3.03. The minimum Gasteiger partial charge on any atom is -0.496 e. The molecule has 0 saturated carbocycles. The molecule has 2 atom stereocenters. The number of carbonyl (C=O) groups excluding carboxylic acids is 2. The number of carbonyl (C=O) groups is 3. The zero-order chi connectivity index (χ0) is 30.2. The van der Waals surface area contributed by atoms with Gasteiger partial charge in [0, 0.05) is 12.2 Å². The molecule has 8 nitrogen and oxygen atoms in total. The number of aryl methyl sites for hydroxylation is 1. The SMILES string of the molecule is COc1ccccc1C[C@@H]1CCc2ccccc2[C@H]1N(Cc1ccccc1)C(=O)CNC(=O)Nc1cccc(C(=O)O)c1. The first-order valence-corrected chi connectivity index (χ1v) is 14.3. The molecule has 3 amide bonds. The lowest BCUT2D eigenvalue weighted by Gasteiger charge is -2.42. The molecule has 3 N–H and O–H groups in total. The summed E-state index contributed by atoms with van der Waals surface area (Å²) in [5, 5.41) is 14.6. The van der Waals surface area contributed by atoms with Crippen LogP contribution in [0, 0.1) is 5.92 Å². The summed E-state index contributed by atoms with van der Waals surface area (Å²) in [7, 11) is 1.67. The van der Waals surface area contributed by atoms with E-state index < -0.39 is 12.0 Å². The summed E-state index contributed by atoms with van der Waals surface area (Å²) in [6.07, 6.45) is 2.54. The number of anilines is 1. The topological polar surface area (TPSA) is 108 Å². The first-order chi connectivity index (χ1) is 20.9. The molecule has 0 radical (unpaired) electrons. The van der Waals surface area contributed by atoms with Gasteiger partial charge in [0.25, 0.3) is 0 Å². The molecule has 1 aliphatic carbocycles. The maximum absolute atomic E-state index is 14.1. The van der Waals surface area contributed by atoms with Gasteiger partial charge in [0.05, 0.1) is 25.3 Å². The lowest BCUT2D eigenvalue weighted by Crippen LogP contribution is -2.46. The zero-order valence-electron chi connectivity index (χ0n) is 24.0. The number of carboxylic acids is 1. The molecule has 1 aliphatic rings. The molecule has 0 bridgehead atoms. The van der Waals surface area contributed by atoms with Crippen molar-refractivity contribution in [3.63, 3.8) is 0 Å². The van der Waals surface area contributed by atoms with E-state index in [2.05, 4.69) is 28.8 Å². The van der Waals surface area contributed by atoms with Crippen molar-refractivity contribution in [2.45, 2.75) is 31.8 Å². The van der Waals surface area contributed by atoms with Gasteiger partial charge < -0.3 is 25.4 Å². The summed E-state index contributed by atoms with van der Waals surface area (Å²) in [4.78, 5) is 40.0. The van der Waals surface area contributed by atoms with E-state index in [9.17, 15) is 19.5 Å². The third-order valence-electron chi connectivity index (χ3n) is 7.90. The van der Waals surface area contributed by atoms with E-state index in [0.29, 0.717) is 12.2 Å². The number of fused-ring (bicyclic) bond motifs is 1. The standard InChI is InChI=1S/C35H35N3O5/c1-43-31-17-8-6-13-26(31)20-27-19-18-25-12-5-7-16-30(25)33(27)38(23-24-10-3-2-4-11-24)32(39)22-36-35(42)37-29-15-9-14-28(21-29)34(40)41/h2-17,21,27,33H,18-20,22-23H2,1H3,(H,40,41)(H2,36,37,42)/t27-,33-/m0/s1.